The number of carbonyl (C=O) groups excluding carboxylic acids is 3. The van der Waals surface area contributed by atoms with Crippen molar-refractivity contribution in [2.24, 2.45) is 5.92 Å². The van der Waals surface area contributed by atoms with Crippen LogP contribution in [0.25, 0.3) is 6.08 Å². The van der Waals surface area contributed by atoms with Gasteiger partial charge in [-0.3, -0.25) is 14.4 Å². The highest BCUT2D eigenvalue weighted by Crippen LogP contribution is 2.14. The first-order valence-electron chi connectivity index (χ1n) is 9.04. The van der Waals surface area contributed by atoms with E-state index >= 15 is 0 Å². The summed E-state index contributed by atoms with van der Waals surface area (Å²) in [5, 5.41) is 3.31. The van der Waals surface area contributed by atoms with Crippen molar-refractivity contribution < 1.29 is 19.1 Å². The molecule has 1 fully saturated rings. The number of hydrogen-bond donors (Lipinski definition) is 1. The van der Waals surface area contributed by atoms with Crippen molar-refractivity contribution in [1.82, 2.24) is 10.2 Å². The number of rotatable bonds is 7. The zero-order valence-electron chi connectivity index (χ0n) is 15.6. The molecule has 1 unspecified atom stereocenters. The molecule has 6 nitrogen and oxygen atoms in total. The molecule has 1 aliphatic rings. The van der Waals surface area contributed by atoms with Crippen molar-refractivity contribution in [3.63, 3.8) is 0 Å². The molecule has 0 spiro atoms. The number of nitrogens with one attached hydrogen (secondary N) is 1. The third kappa shape index (κ3) is 6.71. The topological polar surface area (TPSA) is 75.7 Å². The molecule has 1 aliphatic heterocycles. The number of nitrogens with zero attached hydrogens (tertiary/aromatic N) is 1. The predicted molar refractivity (Wildman–Crippen MR) is 104 cm³/mol. The fourth-order valence-electron chi connectivity index (χ4n) is 2.64. The molecule has 1 saturated heterocycles. The van der Waals surface area contributed by atoms with Crippen LogP contribution in [0.5, 0.6) is 0 Å². The molecule has 0 bridgehead atoms. The van der Waals surface area contributed by atoms with Crippen LogP contribution in [0.15, 0.2) is 30.3 Å². The maximum Gasteiger partial charge on any atom is 0.308 e. The lowest BCUT2D eigenvalue weighted by molar-refractivity contribution is -0.150. The van der Waals surface area contributed by atoms with Gasteiger partial charge in [0.05, 0.1) is 13.0 Å². The number of esters is 1. The fourth-order valence-corrected chi connectivity index (χ4v) is 2.77. The van der Waals surface area contributed by atoms with E-state index in [-0.39, 0.29) is 18.2 Å². The molecular formula is C20H25ClN2O4. The van der Waals surface area contributed by atoms with Crippen molar-refractivity contribution >= 4 is 35.5 Å². The van der Waals surface area contributed by atoms with Gasteiger partial charge in [0.2, 0.25) is 11.8 Å². The van der Waals surface area contributed by atoms with Gasteiger partial charge in [-0.2, -0.15) is 0 Å². The number of hydrogen-bond acceptors (Lipinski definition) is 4. The van der Waals surface area contributed by atoms with E-state index in [0.717, 1.165) is 12.0 Å². The Labute approximate surface area is 164 Å². The zero-order valence-corrected chi connectivity index (χ0v) is 16.4. The summed E-state index contributed by atoms with van der Waals surface area (Å²) in [6, 6.07) is 6.19. The largest absolute Gasteiger partial charge is 0.466 e. The van der Waals surface area contributed by atoms with Crippen molar-refractivity contribution in [3.8, 4) is 0 Å². The van der Waals surface area contributed by atoms with Crippen LogP contribution in [0.1, 0.15) is 32.3 Å². The van der Waals surface area contributed by atoms with Crippen LogP contribution in [0, 0.1) is 5.92 Å². The van der Waals surface area contributed by atoms with Crippen LogP contribution in [0.2, 0.25) is 5.02 Å². The third-order valence-electron chi connectivity index (χ3n) is 4.22. The summed E-state index contributed by atoms with van der Waals surface area (Å²) in [6.45, 7) is 5.10. The molecule has 146 valence electrons. The Bertz CT molecular complexity index is 700. The first-order valence-corrected chi connectivity index (χ1v) is 9.42. The highest BCUT2D eigenvalue weighted by molar-refractivity contribution is 6.30. The molecule has 1 heterocycles. The number of halogens is 1. The van der Waals surface area contributed by atoms with Gasteiger partial charge in [-0.05, 0) is 36.1 Å². The van der Waals surface area contributed by atoms with Gasteiger partial charge < -0.3 is 15.0 Å². The standard InChI is InChI=1S/C20H25ClN2O4/c1-14(2)9-12-27-19(25)13-17-20(26)22-10-11-23(17)18(24)8-5-15-3-6-16(21)7-4-15/h3-8,14,17H,9-13H2,1-2H3,(H,22,26)/b8-5+. The maximum absolute atomic E-state index is 12.6. The number of carbonyl (C=O) groups is 3. The Balaban J connectivity index is 1.99. The molecule has 1 aromatic rings. The maximum atomic E-state index is 12.6. The number of benzene rings is 1. The summed E-state index contributed by atoms with van der Waals surface area (Å²) >= 11 is 5.85. The molecule has 1 N–H and O–H groups in total. The Hall–Kier alpha value is -2.34. The number of amides is 2. The molecule has 1 atom stereocenters. The average molecular weight is 393 g/mol. The van der Waals surface area contributed by atoms with Gasteiger partial charge in [-0.15, -0.1) is 0 Å². The Morgan fingerprint density at radius 1 is 1.33 bits per heavy atom. The fraction of sp³-hybridized carbons (Fsp3) is 0.450. The first kappa shape index (κ1) is 21.0. The van der Waals surface area contributed by atoms with Gasteiger partial charge in [0.1, 0.15) is 6.04 Å². The molecule has 0 aromatic heterocycles. The van der Waals surface area contributed by atoms with E-state index in [0.29, 0.717) is 30.6 Å². The highest BCUT2D eigenvalue weighted by atomic mass is 35.5. The van der Waals surface area contributed by atoms with Gasteiger partial charge >= 0.3 is 5.97 Å². The molecule has 0 saturated carbocycles. The van der Waals surface area contributed by atoms with Crippen molar-refractivity contribution in [2.75, 3.05) is 19.7 Å². The Morgan fingerprint density at radius 2 is 2.04 bits per heavy atom. The monoisotopic (exact) mass is 392 g/mol. The zero-order chi connectivity index (χ0) is 19.8. The molecule has 1 aromatic carbocycles. The van der Waals surface area contributed by atoms with Crippen molar-refractivity contribution in [1.29, 1.82) is 0 Å². The van der Waals surface area contributed by atoms with Crippen LogP contribution in [0.4, 0.5) is 0 Å². The van der Waals surface area contributed by atoms with Crippen LogP contribution < -0.4 is 5.32 Å². The Morgan fingerprint density at radius 3 is 2.70 bits per heavy atom. The van der Waals surface area contributed by atoms with E-state index in [9.17, 15) is 14.4 Å². The molecule has 27 heavy (non-hydrogen) atoms. The molecule has 7 heteroatoms. The summed E-state index contributed by atoms with van der Waals surface area (Å²) in [4.78, 5) is 38.2. The van der Waals surface area contributed by atoms with E-state index < -0.39 is 12.0 Å². The quantitative estimate of drug-likeness (QED) is 0.571. The van der Waals surface area contributed by atoms with E-state index in [2.05, 4.69) is 5.32 Å². The minimum atomic E-state index is -0.854. The lowest BCUT2D eigenvalue weighted by atomic mass is 10.1. The second-order valence-electron chi connectivity index (χ2n) is 6.83. The van der Waals surface area contributed by atoms with E-state index in [1.54, 1.807) is 30.3 Å². The van der Waals surface area contributed by atoms with Crippen LogP contribution >= 0.6 is 11.6 Å². The summed E-state index contributed by atoms with van der Waals surface area (Å²) < 4.78 is 5.19. The van der Waals surface area contributed by atoms with Crippen molar-refractivity contribution in [3.05, 3.63) is 40.9 Å². The Kier molecular flexibility index (Phi) is 7.85. The van der Waals surface area contributed by atoms with Gasteiger partial charge in [0, 0.05) is 24.2 Å². The molecular weight excluding hydrogens is 368 g/mol. The van der Waals surface area contributed by atoms with Gasteiger partial charge in [-0.1, -0.05) is 37.6 Å². The number of ether oxygens (including phenoxy) is 1. The normalized spacial score (nSPS) is 17.3. The second-order valence-corrected chi connectivity index (χ2v) is 7.27. The molecule has 0 aliphatic carbocycles. The van der Waals surface area contributed by atoms with E-state index in [1.165, 1.54) is 11.0 Å². The molecule has 2 rings (SSSR count). The van der Waals surface area contributed by atoms with Gasteiger partial charge in [0.25, 0.3) is 0 Å². The first-order chi connectivity index (χ1) is 12.9. The van der Waals surface area contributed by atoms with E-state index in [1.807, 2.05) is 13.8 Å². The second kappa shape index (κ2) is 10.1. The average Bonchev–Trinajstić information content (AvgIpc) is 2.62. The van der Waals surface area contributed by atoms with Gasteiger partial charge in [0.15, 0.2) is 0 Å². The molecule has 2 amide bonds. The molecule has 0 radical (unpaired) electrons. The summed E-state index contributed by atoms with van der Waals surface area (Å²) in [7, 11) is 0. The van der Waals surface area contributed by atoms with Crippen molar-refractivity contribution in [2.45, 2.75) is 32.7 Å². The number of piperazine rings is 1. The summed E-state index contributed by atoms with van der Waals surface area (Å²) in [5.74, 6) is -0.709. The summed E-state index contributed by atoms with van der Waals surface area (Å²) in [6.07, 6.45) is 3.67. The minimum Gasteiger partial charge on any atom is -0.466 e. The minimum absolute atomic E-state index is 0.148. The van der Waals surface area contributed by atoms with Crippen LogP contribution in [-0.4, -0.2) is 48.4 Å². The smallest absolute Gasteiger partial charge is 0.308 e. The van der Waals surface area contributed by atoms with Gasteiger partial charge in [-0.25, -0.2) is 0 Å². The van der Waals surface area contributed by atoms with Crippen LogP contribution in [-0.2, 0) is 19.1 Å². The lowest BCUT2D eigenvalue weighted by Gasteiger charge is -2.33. The van der Waals surface area contributed by atoms with E-state index in [4.69, 9.17) is 16.3 Å². The SMILES string of the molecule is CC(C)CCOC(=O)CC1C(=O)NCCN1C(=O)/C=C/c1ccc(Cl)cc1. The van der Waals surface area contributed by atoms with Crippen LogP contribution in [0.3, 0.4) is 0 Å². The third-order valence-corrected chi connectivity index (χ3v) is 4.47. The predicted octanol–water partition coefficient (Wildman–Crippen LogP) is 2.66. The highest BCUT2D eigenvalue weighted by Gasteiger charge is 2.34. The summed E-state index contributed by atoms with van der Waals surface area (Å²) in [5.41, 5.74) is 0.818. The lowest BCUT2D eigenvalue weighted by Crippen LogP contribution is -2.57.